The van der Waals surface area contributed by atoms with E-state index in [2.05, 4.69) is 20.8 Å². The maximum absolute atomic E-state index is 11.7. The molecule has 0 saturated heterocycles. The van der Waals surface area contributed by atoms with Crippen molar-refractivity contribution in [3.63, 3.8) is 0 Å². The van der Waals surface area contributed by atoms with Crippen LogP contribution in [-0.2, 0) is 0 Å². The number of rotatable bonds is 3. The van der Waals surface area contributed by atoms with E-state index < -0.39 is 0 Å². The highest BCUT2D eigenvalue weighted by atomic mass is 32.1. The van der Waals surface area contributed by atoms with Gasteiger partial charge in [-0.1, -0.05) is 11.3 Å². The number of aliphatic hydroxyl groups is 1. The molecule has 2 aliphatic carbocycles. The van der Waals surface area contributed by atoms with E-state index in [0.29, 0.717) is 29.4 Å². The Hall–Kier alpha value is -1.21. The van der Waals surface area contributed by atoms with Crippen molar-refractivity contribution in [2.24, 2.45) is 17.8 Å². The molecule has 3 N–H and O–H groups in total. The standard InChI is InChI=1S/C12H18N4O2S/c1-6-15-16-12(19-6)14-11(18)13-5-9-3-8-2-7(9)4-10(8)17/h7-10,17H,2-5H2,1H3,(H2,13,14,16,18)/t7-,8-,9+,10-/m1/s1. The lowest BCUT2D eigenvalue weighted by atomic mass is 9.87. The lowest BCUT2D eigenvalue weighted by Gasteiger charge is -2.24. The molecule has 0 unspecified atom stereocenters. The third-order valence-corrected chi connectivity index (χ3v) is 4.99. The fourth-order valence-electron chi connectivity index (χ4n) is 3.33. The molecule has 2 bridgehead atoms. The third-order valence-electron chi connectivity index (χ3n) is 4.24. The number of nitrogens with zero attached hydrogens (tertiary/aromatic N) is 2. The summed E-state index contributed by atoms with van der Waals surface area (Å²) in [6.45, 7) is 2.53. The van der Waals surface area contributed by atoms with Crippen molar-refractivity contribution >= 4 is 22.5 Å². The van der Waals surface area contributed by atoms with Crippen molar-refractivity contribution in [3.8, 4) is 0 Å². The molecule has 3 rings (SSSR count). The molecule has 6 nitrogen and oxygen atoms in total. The molecule has 0 aliphatic heterocycles. The predicted molar refractivity (Wildman–Crippen MR) is 72.0 cm³/mol. The van der Waals surface area contributed by atoms with E-state index in [-0.39, 0.29) is 12.1 Å². The lowest BCUT2D eigenvalue weighted by Crippen LogP contribution is -2.36. The number of aryl methyl sites for hydroxylation is 1. The number of hydrogen-bond acceptors (Lipinski definition) is 5. The average Bonchev–Trinajstić information content (AvgIpc) is 3.02. The summed E-state index contributed by atoms with van der Waals surface area (Å²) < 4.78 is 0. The molecular weight excluding hydrogens is 264 g/mol. The van der Waals surface area contributed by atoms with Crippen LogP contribution in [0, 0.1) is 24.7 Å². The van der Waals surface area contributed by atoms with E-state index in [9.17, 15) is 9.90 Å². The highest BCUT2D eigenvalue weighted by Gasteiger charge is 2.44. The van der Waals surface area contributed by atoms with Crippen LogP contribution in [0.4, 0.5) is 9.93 Å². The number of urea groups is 1. The van der Waals surface area contributed by atoms with Gasteiger partial charge in [-0.25, -0.2) is 4.79 Å². The highest BCUT2D eigenvalue weighted by molar-refractivity contribution is 7.15. The fourth-order valence-corrected chi connectivity index (χ4v) is 3.91. The first-order valence-electron chi connectivity index (χ1n) is 6.65. The van der Waals surface area contributed by atoms with Gasteiger partial charge < -0.3 is 10.4 Å². The molecule has 104 valence electrons. The summed E-state index contributed by atoms with van der Waals surface area (Å²) in [4.78, 5) is 11.7. The topological polar surface area (TPSA) is 87.1 Å². The van der Waals surface area contributed by atoms with Crippen molar-refractivity contribution in [1.82, 2.24) is 15.5 Å². The van der Waals surface area contributed by atoms with Crippen molar-refractivity contribution in [3.05, 3.63) is 5.01 Å². The first-order chi connectivity index (χ1) is 9.11. The van der Waals surface area contributed by atoms with E-state index in [1.165, 1.54) is 11.3 Å². The molecule has 0 spiro atoms. The van der Waals surface area contributed by atoms with Gasteiger partial charge in [0, 0.05) is 6.54 Å². The van der Waals surface area contributed by atoms with Crippen LogP contribution >= 0.6 is 11.3 Å². The molecule has 2 amide bonds. The van der Waals surface area contributed by atoms with Crippen molar-refractivity contribution in [2.75, 3.05) is 11.9 Å². The second-order valence-corrected chi connectivity index (χ2v) is 6.70. The lowest BCUT2D eigenvalue weighted by molar-refractivity contribution is 0.0954. The van der Waals surface area contributed by atoms with Gasteiger partial charge in [0.05, 0.1) is 6.10 Å². The Bertz CT molecular complexity index is 476. The molecule has 1 aromatic rings. The number of anilines is 1. The van der Waals surface area contributed by atoms with E-state index in [1.54, 1.807) is 0 Å². The number of aliphatic hydroxyl groups excluding tert-OH is 1. The minimum absolute atomic E-state index is 0.112. The Kier molecular flexibility index (Phi) is 3.40. The molecule has 0 radical (unpaired) electrons. The van der Waals surface area contributed by atoms with Crippen LogP contribution in [0.5, 0.6) is 0 Å². The highest BCUT2D eigenvalue weighted by Crippen LogP contribution is 2.48. The average molecular weight is 282 g/mol. The quantitative estimate of drug-likeness (QED) is 0.781. The van der Waals surface area contributed by atoms with Crippen LogP contribution in [0.2, 0.25) is 0 Å². The van der Waals surface area contributed by atoms with Crippen molar-refractivity contribution in [2.45, 2.75) is 32.3 Å². The molecule has 0 aromatic carbocycles. The van der Waals surface area contributed by atoms with Gasteiger partial charge in [-0.3, -0.25) is 5.32 Å². The second-order valence-electron chi connectivity index (χ2n) is 5.52. The molecule has 1 heterocycles. The third kappa shape index (κ3) is 2.71. The number of carbonyl (C=O) groups is 1. The number of aromatic nitrogens is 2. The number of hydrogen-bond donors (Lipinski definition) is 3. The molecule has 2 aliphatic rings. The summed E-state index contributed by atoms with van der Waals surface area (Å²) in [5.41, 5.74) is 0. The second kappa shape index (κ2) is 5.05. The summed E-state index contributed by atoms with van der Waals surface area (Å²) in [5.74, 6) is 1.53. The predicted octanol–water partition coefficient (Wildman–Crippen LogP) is 1.38. The fraction of sp³-hybridized carbons (Fsp3) is 0.750. The molecule has 7 heteroatoms. The van der Waals surface area contributed by atoms with Crippen LogP contribution < -0.4 is 10.6 Å². The Balaban J connectivity index is 1.44. The van der Waals surface area contributed by atoms with Gasteiger partial charge in [0.25, 0.3) is 0 Å². The summed E-state index contributed by atoms with van der Waals surface area (Å²) in [6.07, 6.45) is 2.93. The first-order valence-corrected chi connectivity index (χ1v) is 7.46. The summed E-state index contributed by atoms with van der Waals surface area (Å²) >= 11 is 1.36. The van der Waals surface area contributed by atoms with Gasteiger partial charge in [0.15, 0.2) is 0 Å². The smallest absolute Gasteiger partial charge is 0.321 e. The zero-order valence-corrected chi connectivity index (χ0v) is 11.6. The van der Waals surface area contributed by atoms with Crippen LogP contribution in [0.25, 0.3) is 0 Å². The zero-order valence-electron chi connectivity index (χ0n) is 10.8. The SMILES string of the molecule is Cc1nnc(NC(=O)NC[C@@H]2C[C@H]3C[C@@H]2C[C@H]3O)s1. The summed E-state index contributed by atoms with van der Waals surface area (Å²) in [7, 11) is 0. The Morgan fingerprint density at radius 3 is 2.79 bits per heavy atom. The molecule has 2 saturated carbocycles. The van der Waals surface area contributed by atoms with Crippen molar-refractivity contribution < 1.29 is 9.90 Å². The van der Waals surface area contributed by atoms with E-state index in [4.69, 9.17) is 0 Å². The molecule has 4 atom stereocenters. The number of amides is 2. The van der Waals surface area contributed by atoms with Gasteiger partial charge in [-0.2, -0.15) is 0 Å². The number of fused-ring (bicyclic) bond motifs is 2. The maximum atomic E-state index is 11.7. The maximum Gasteiger partial charge on any atom is 0.321 e. The normalized spacial score (nSPS) is 32.5. The Morgan fingerprint density at radius 2 is 2.21 bits per heavy atom. The minimum Gasteiger partial charge on any atom is -0.393 e. The van der Waals surface area contributed by atoms with Gasteiger partial charge in [-0.05, 0) is 43.9 Å². The first kappa shape index (κ1) is 12.8. The number of carbonyl (C=O) groups excluding carboxylic acids is 1. The van der Waals surface area contributed by atoms with Gasteiger partial charge in [0.1, 0.15) is 5.01 Å². The Morgan fingerprint density at radius 1 is 1.37 bits per heavy atom. The van der Waals surface area contributed by atoms with Gasteiger partial charge in [0.2, 0.25) is 5.13 Å². The number of nitrogens with one attached hydrogen (secondary N) is 2. The van der Waals surface area contributed by atoms with E-state index >= 15 is 0 Å². The van der Waals surface area contributed by atoms with Crippen LogP contribution in [-0.4, -0.2) is 34.0 Å². The van der Waals surface area contributed by atoms with E-state index in [0.717, 1.165) is 24.3 Å². The summed E-state index contributed by atoms with van der Waals surface area (Å²) in [5, 5.41) is 24.3. The van der Waals surface area contributed by atoms with Crippen molar-refractivity contribution in [1.29, 1.82) is 0 Å². The van der Waals surface area contributed by atoms with Crippen LogP contribution in [0.3, 0.4) is 0 Å². The monoisotopic (exact) mass is 282 g/mol. The van der Waals surface area contributed by atoms with Gasteiger partial charge in [-0.15, -0.1) is 10.2 Å². The molecule has 2 fully saturated rings. The molecular formula is C12H18N4O2S. The van der Waals surface area contributed by atoms with Gasteiger partial charge >= 0.3 is 6.03 Å². The Labute approximate surface area is 115 Å². The molecule has 19 heavy (non-hydrogen) atoms. The van der Waals surface area contributed by atoms with Crippen LogP contribution in [0.1, 0.15) is 24.3 Å². The van der Waals surface area contributed by atoms with Crippen LogP contribution in [0.15, 0.2) is 0 Å². The van der Waals surface area contributed by atoms with E-state index in [1.807, 2.05) is 6.92 Å². The summed E-state index contributed by atoms with van der Waals surface area (Å²) in [6, 6.07) is -0.223. The zero-order chi connectivity index (χ0) is 13.4. The minimum atomic E-state index is -0.223. The largest absolute Gasteiger partial charge is 0.393 e. The molecule has 1 aromatic heterocycles.